The van der Waals surface area contributed by atoms with Crippen LogP contribution < -0.4 is 0 Å². The number of ketones is 2. The number of Topliss-reactive ketones (excluding diaryl/α,β-unsaturated/α-hetero) is 2. The summed E-state index contributed by atoms with van der Waals surface area (Å²) >= 11 is 0. The SMILES string of the molecule is C[C@@H]1CC(=O)C2=C(CC[C@]3(O)[C@H](O)c4c(O)cccc4C(=O)[C@@]23O)C1. The molecule has 4 N–H and O–H groups in total. The van der Waals surface area contributed by atoms with Gasteiger partial charge in [-0.05, 0) is 31.2 Å². The first-order valence-corrected chi connectivity index (χ1v) is 8.47. The van der Waals surface area contributed by atoms with Crippen LogP contribution in [0.5, 0.6) is 5.75 Å². The van der Waals surface area contributed by atoms with Gasteiger partial charge in [0.15, 0.2) is 11.4 Å². The van der Waals surface area contributed by atoms with Crippen LogP contribution in [0.25, 0.3) is 0 Å². The van der Waals surface area contributed by atoms with Crippen LogP contribution >= 0.6 is 0 Å². The summed E-state index contributed by atoms with van der Waals surface area (Å²) in [6, 6.07) is 4.11. The van der Waals surface area contributed by atoms with E-state index in [1.807, 2.05) is 6.92 Å². The summed E-state index contributed by atoms with van der Waals surface area (Å²) in [5, 5.41) is 43.3. The summed E-state index contributed by atoms with van der Waals surface area (Å²) in [6.45, 7) is 1.93. The van der Waals surface area contributed by atoms with Crippen LogP contribution in [0.3, 0.4) is 0 Å². The third-order valence-electron chi connectivity index (χ3n) is 5.94. The number of allylic oxidation sites excluding steroid dienone is 1. The highest BCUT2D eigenvalue weighted by molar-refractivity contribution is 6.16. The van der Waals surface area contributed by atoms with Gasteiger partial charge in [0.05, 0.1) is 0 Å². The average Bonchev–Trinajstić information content (AvgIpc) is 2.55. The Morgan fingerprint density at radius 1 is 1.16 bits per heavy atom. The predicted molar refractivity (Wildman–Crippen MR) is 87.0 cm³/mol. The van der Waals surface area contributed by atoms with Crippen LogP contribution in [-0.4, -0.2) is 43.2 Å². The minimum absolute atomic E-state index is 0.0580. The molecule has 3 aliphatic rings. The highest BCUT2D eigenvalue weighted by atomic mass is 16.4. The van der Waals surface area contributed by atoms with Gasteiger partial charge in [-0.1, -0.05) is 24.6 Å². The molecule has 3 aliphatic carbocycles. The second-order valence-electron chi connectivity index (χ2n) is 7.52. The van der Waals surface area contributed by atoms with Crippen molar-refractivity contribution >= 4 is 11.6 Å². The van der Waals surface area contributed by atoms with Crippen molar-refractivity contribution in [3.05, 3.63) is 40.5 Å². The predicted octanol–water partition coefficient (Wildman–Crippen LogP) is 1.17. The van der Waals surface area contributed by atoms with Crippen LogP contribution in [0.4, 0.5) is 0 Å². The molecule has 0 saturated heterocycles. The van der Waals surface area contributed by atoms with E-state index in [4.69, 9.17) is 0 Å². The molecule has 6 nitrogen and oxygen atoms in total. The normalized spacial score (nSPS) is 37.4. The number of phenols is 1. The van der Waals surface area contributed by atoms with Crippen LogP contribution in [0, 0.1) is 5.92 Å². The topological polar surface area (TPSA) is 115 Å². The molecule has 0 aliphatic heterocycles. The third kappa shape index (κ3) is 1.84. The molecule has 0 spiro atoms. The van der Waals surface area contributed by atoms with Gasteiger partial charge in [-0.3, -0.25) is 9.59 Å². The maximum atomic E-state index is 13.1. The van der Waals surface area contributed by atoms with E-state index in [0.29, 0.717) is 18.4 Å². The Morgan fingerprint density at radius 3 is 2.60 bits per heavy atom. The highest BCUT2D eigenvalue weighted by Gasteiger charge is 2.68. The molecular formula is C19H20O6. The summed E-state index contributed by atoms with van der Waals surface area (Å²) in [5.74, 6) is -1.42. The van der Waals surface area contributed by atoms with Crippen molar-refractivity contribution in [1.29, 1.82) is 0 Å². The molecule has 25 heavy (non-hydrogen) atoms. The van der Waals surface area contributed by atoms with Gasteiger partial charge >= 0.3 is 0 Å². The lowest BCUT2D eigenvalue weighted by Crippen LogP contribution is -2.68. The van der Waals surface area contributed by atoms with E-state index >= 15 is 0 Å². The van der Waals surface area contributed by atoms with E-state index < -0.39 is 23.1 Å². The number of aromatic hydroxyl groups is 1. The number of aliphatic hydroxyl groups excluding tert-OH is 1. The second kappa shape index (κ2) is 5.00. The van der Waals surface area contributed by atoms with Crippen LogP contribution in [0.1, 0.15) is 54.6 Å². The number of carbonyl (C=O) groups excluding carboxylic acids is 2. The van der Waals surface area contributed by atoms with Crippen molar-refractivity contribution in [1.82, 2.24) is 0 Å². The van der Waals surface area contributed by atoms with Crippen LogP contribution in [0.15, 0.2) is 29.3 Å². The Morgan fingerprint density at radius 2 is 1.88 bits per heavy atom. The van der Waals surface area contributed by atoms with Gasteiger partial charge in [0.25, 0.3) is 0 Å². The fourth-order valence-corrected chi connectivity index (χ4v) is 4.75. The molecule has 0 bridgehead atoms. The van der Waals surface area contributed by atoms with E-state index in [9.17, 15) is 30.0 Å². The first-order valence-electron chi connectivity index (χ1n) is 8.47. The largest absolute Gasteiger partial charge is 0.508 e. The highest BCUT2D eigenvalue weighted by Crippen LogP contribution is 2.56. The van der Waals surface area contributed by atoms with Gasteiger partial charge in [0.2, 0.25) is 5.78 Å². The first-order chi connectivity index (χ1) is 11.7. The molecule has 0 aromatic heterocycles. The number of benzene rings is 1. The number of carbonyl (C=O) groups is 2. The standard InChI is InChI=1S/C19H20O6/c1-9-7-10-5-6-18(24)17(23)14-11(3-2-4-12(14)20)16(22)19(18,25)15(10)13(21)8-9/h2-4,9,17,20,23-25H,5-8H2,1H3/t9-,17+,18-,19-/m0/s1. The Bertz CT molecular complexity index is 840. The van der Waals surface area contributed by atoms with E-state index in [1.54, 1.807) is 0 Å². The van der Waals surface area contributed by atoms with E-state index in [1.165, 1.54) is 18.2 Å². The number of aliphatic hydroxyl groups is 3. The lowest BCUT2D eigenvalue weighted by atomic mass is 9.55. The molecule has 0 amide bonds. The van der Waals surface area contributed by atoms with Crippen LogP contribution in [-0.2, 0) is 4.79 Å². The molecule has 1 aromatic rings. The fourth-order valence-electron chi connectivity index (χ4n) is 4.75. The number of fused-ring (bicyclic) bond motifs is 3. The molecule has 1 aromatic carbocycles. The van der Waals surface area contributed by atoms with Gasteiger partial charge in [0.1, 0.15) is 17.5 Å². The van der Waals surface area contributed by atoms with Crippen molar-refractivity contribution in [2.75, 3.05) is 0 Å². The lowest BCUT2D eigenvalue weighted by molar-refractivity contribution is -0.184. The Labute approximate surface area is 144 Å². The van der Waals surface area contributed by atoms with Gasteiger partial charge in [-0.2, -0.15) is 0 Å². The third-order valence-corrected chi connectivity index (χ3v) is 5.94. The Hall–Kier alpha value is -2.02. The van der Waals surface area contributed by atoms with Gasteiger partial charge < -0.3 is 20.4 Å². The molecule has 132 valence electrons. The quantitative estimate of drug-likeness (QED) is 0.562. The molecule has 0 saturated carbocycles. The fraction of sp³-hybridized carbons (Fsp3) is 0.474. The molecule has 0 radical (unpaired) electrons. The minimum atomic E-state index is -2.49. The molecule has 0 unspecified atom stereocenters. The zero-order chi connectivity index (χ0) is 18.1. The van der Waals surface area contributed by atoms with Gasteiger partial charge in [-0.15, -0.1) is 0 Å². The second-order valence-corrected chi connectivity index (χ2v) is 7.52. The summed E-state index contributed by atoms with van der Waals surface area (Å²) in [4.78, 5) is 25.8. The molecule has 4 atom stereocenters. The summed E-state index contributed by atoms with van der Waals surface area (Å²) in [6.07, 6.45) is -0.656. The summed E-state index contributed by atoms with van der Waals surface area (Å²) < 4.78 is 0. The monoisotopic (exact) mass is 344 g/mol. The summed E-state index contributed by atoms with van der Waals surface area (Å²) in [5.41, 5.74) is -4.28. The summed E-state index contributed by atoms with van der Waals surface area (Å²) in [7, 11) is 0. The van der Waals surface area contributed by atoms with Crippen LogP contribution in [0.2, 0.25) is 0 Å². The maximum Gasteiger partial charge on any atom is 0.202 e. The number of rotatable bonds is 0. The van der Waals surface area contributed by atoms with E-state index in [0.717, 1.165) is 0 Å². The van der Waals surface area contributed by atoms with Gasteiger partial charge in [-0.25, -0.2) is 0 Å². The molecular weight excluding hydrogens is 324 g/mol. The first kappa shape index (κ1) is 16.4. The Kier molecular flexibility index (Phi) is 3.29. The number of hydrogen-bond donors (Lipinski definition) is 4. The van der Waals surface area contributed by atoms with Crippen molar-refractivity contribution in [2.24, 2.45) is 5.92 Å². The number of hydrogen-bond acceptors (Lipinski definition) is 6. The molecule has 0 heterocycles. The van der Waals surface area contributed by atoms with Crippen molar-refractivity contribution in [3.63, 3.8) is 0 Å². The van der Waals surface area contributed by atoms with Crippen molar-refractivity contribution < 1.29 is 30.0 Å². The smallest absolute Gasteiger partial charge is 0.202 e. The van der Waals surface area contributed by atoms with E-state index in [-0.39, 0.29) is 47.0 Å². The average molecular weight is 344 g/mol. The van der Waals surface area contributed by atoms with Crippen molar-refractivity contribution in [3.8, 4) is 5.75 Å². The lowest BCUT2D eigenvalue weighted by Gasteiger charge is -2.53. The maximum absolute atomic E-state index is 13.1. The zero-order valence-corrected chi connectivity index (χ0v) is 13.8. The minimum Gasteiger partial charge on any atom is -0.508 e. The molecule has 6 heteroatoms. The number of phenolic OH excluding ortho intramolecular Hbond substituents is 1. The van der Waals surface area contributed by atoms with Gasteiger partial charge in [0, 0.05) is 23.1 Å². The zero-order valence-electron chi connectivity index (χ0n) is 13.8. The van der Waals surface area contributed by atoms with Crippen molar-refractivity contribution in [2.45, 2.75) is 49.9 Å². The Balaban J connectivity index is 2.01. The molecule has 0 fully saturated rings. The molecule has 4 rings (SSSR count). The van der Waals surface area contributed by atoms with E-state index in [2.05, 4.69) is 0 Å².